The summed E-state index contributed by atoms with van der Waals surface area (Å²) in [4.78, 5) is 51.7. The fraction of sp³-hybridized carbons (Fsp3) is 0.310. The first-order chi connectivity index (χ1) is 20.0. The highest BCUT2D eigenvalue weighted by Crippen LogP contribution is 2.50. The van der Waals surface area contributed by atoms with Crippen LogP contribution < -0.4 is 29.3 Å². The van der Waals surface area contributed by atoms with E-state index in [1.54, 1.807) is 0 Å². The second-order valence-electron chi connectivity index (χ2n) is 9.55. The molecule has 1 aliphatic carbocycles. The van der Waals surface area contributed by atoms with Gasteiger partial charge in [-0.15, -0.1) is 0 Å². The number of ketones is 2. The van der Waals surface area contributed by atoms with Gasteiger partial charge in [0, 0.05) is 30.0 Å². The minimum absolute atomic E-state index is 0.0460. The van der Waals surface area contributed by atoms with Gasteiger partial charge in [0.05, 0.1) is 52.8 Å². The van der Waals surface area contributed by atoms with Crippen LogP contribution in [0.25, 0.3) is 10.8 Å². The number of methoxy groups -OCH3 is 5. The van der Waals surface area contributed by atoms with Crippen molar-refractivity contribution in [2.45, 2.75) is 24.7 Å². The Balaban J connectivity index is 1.57. The van der Waals surface area contributed by atoms with Gasteiger partial charge < -0.3 is 43.1 Å². The Labute approximate surface area is 237 Å². The Hall–Kier alpha value is -4.88. The topological polar surface area (TPSA) is 177 Å². The van der Waals surface area contributed by atoms with E-state index in [4.69, 9.17) is 28.1 Å². The predicted octanol–water partition coefficient (Wildman–Crippen LogP) is 2.51. The highest BCUT2D eigenvalue weighted by Gasteiger charge is 2.45. The number of rotatable bonds is 7. The third-order valence-corrected chi connectivity index (χ3v) is 7.13. The molecule has 42 heavy (non-hydrogen) atoms. The van der Waals surface area contributed by atoms with Gasteiger partial charge in [0.25, 0.3) is 0 Å². The van der Waals surface area contributed by atoms with E-state index in [1.165, 1.54) is 46.6 Å². The summed E-state index contributed by atoms with van der Waals surface area (Å²) in [6.07, 6.45) is -1.26. The van der Waals surface area contributed by atoms with E-state index in [-0.39, 0.29) is 67.5 Å². The Kier molecular flexibility index (Phi) is 7.16. The maximum atomic E-state index is 13.7. The van der Waals surface area contributed by atoms with Gasteiger partial charge in [0.15, 0.2) is 34.6 Å². The first-order valence-electron chi connectivity index (χ1n) is 12.5. The maximum absolute atomic E-state index is 13.7. The van der Waals surface area contributed by atoms with Crippen molar-refractivity contribution in [2.75, 3.05) is 35.5 Å². The lowest BCUT2D eigenvalue weighted by Crippen LogP contribution is -2.42. The molecule has 2 unspecified atom stereocenters. The summed E-state index contributed by atoms with van der Waals surface area (Å²) in [5, 5.41) is 22.7. The molecular weight excluding hydrogens is 556 g/mol. The van der Waals surface area contributed by atoms with Crippen LogP contribution in [0.15, 0.2) is 39.1 Å². The minimum Gasteiger partial charge on any atom is -0.496 e. The number of ether oxygens (including phenoxy) is 6. The van der Waals surface area contributed by atoms with Crippen molar-refractivity contribution in [3.8, 4) is 28.7 Å². The van der Waals surface area contributed by atoms with Crippen molar-refractivity contribution in [2.24, 2.45) is 0 Å². The Morgan fingerprint density at radius 1 is 0.952 bits per heavy atom. The van der Waals surface area contributed by atoms with E-state index >= 15 is 0 Å². The molecule has 13 heteroatoms. The van der Waals surface area contributed by atoms with Crippen LogP contribution >= 0.6 is 0 Å². The zero-order valence-corrected chi connectivity index (χ0v) is 23.2. The van der Waals surface area contributed by atoms with Crippen LogP contribution in [0.4, 0.5) is 0 Å². The summed E-state index contributed by atoms with van der Waals surface area (Å²) in [6.45, 7) is 0. The first-order valence-corrected chi connectivity index (χ1v) is 12.5. The third kappa shape index (κ3) is 4.43. The number of allylic oxidation sites excluding steroid dienone is 1. The van der Waals surface area contributed by atoms with Crippen molar-refractivity contribution >= 4 is 28.3 Å². The molecule has 0 amide bonds. The normalized spacial score (nSPS) is 19.3. The molecular formula is C29H26O13. The lowest BCUT2D eigenvalue weighted by molar-refractivity contribution is -0.171. The first kappa shape index (κ1) is 28.6. The van der Waals surface area contributed by atoms with Crippen LogP contribution in [0, 0.1) is 0 Å². The molecule has 3 aromatic rings. The summed E-state index contributed by atoms with van der Waals surface area (Å²) >= 11 is 0. The van der Waals surface area contributed by atoms with Gasteiger partial charge in [-0.2, -0.15) is 0 Å². The molecule has 5 rings (SSSR count). The molecule has 1 aliphatic heterocycles. The van der Waals surface area contributed by atoms with E-state index in [9.17, 15) is 29.4 Å². The highest BCUT2D eigenvalue weighted by atomic mass is 16.6. The summed E-state index contributed by atoms with van der Waals surface area (Å²) in [7, 11) is 6.39. The average Bonchev–Trinajstić information content (AvgIpc) is 2.97. The summed E-state index contributed by atoms with van der Waals surface area (Å²) in [5.74, 6) is -4.77. The molecule has 0 saturated heterocycles. The van der Waals surface area contributed by atoms with E-state index in [2.05, 4.69) is 4.74 Å². The van der Waals surface area contributed by atoms with Crippen molar-refractivity contribution in [3.05, 3.63) is 62.7 Å². The molecule has 0 radical (unpaired) electrons. The quantitative estimate of drug-likeness (QED) is 0.389. The lowest BCUT2D eigenvalue weighted by Gasteiger charge is -2.38. The number of aliphatic hydroxyl groups excluding tert-OH is 1. The zero-order chi connectivity index (χ0) is 30.5. The molecule has 0 bridgehead atoms. The van der Waals surface area contributed by atoms with Crippen molar-refractivity contribution in [3.63, 3.8) is 0 Å². The van der Waals surface area contributed by atoms with E-state index < -0.39 is 47.9 Å². The fourth-order valence-corrected chi connectivity index (χ4v) is 5.31. The molecule has 2 aromatic carbocycles. The maximum Gasteiger partial charge on any atom is 0.374 e. The number of hydrogen-bond acceptors (Lipinski definition) is 13. The Morgan fingerprint density at radius 3 is 2.26 bits per heavy atom. The number of Topliss-reactive ketones (excluding diaryl/α,β-unsaturated/α-hetero) is 1. The van der Waals surface area contributed by atoms with Crippen molar-refractivity contribution < 1.29 is 57.4 Å². The SMILES string of the molecule is COC(=O)c1cc2cc3c(c(OC)c2c(=O)o1)OC(O)(CC1=CC(=O)c2c(OC)c(OC)cc(OC)c2C1=O)CC3O. The van der Waals surface area contributed by atoms with Gasteiger partial charge >= 0.3 is 11.6 Å². The molecule has 0 saturated carbocycles. The third-order valence-electron chi connectivity index (χ3n) is 7.13. The number of fused-ring (bicyclic) bond motifs is 3. The standard InChI is InChI=1S/C29H26O13/c1-36-17-9-18(37-2)25(38-3)21-15(30)7-13(23(32)22(17)21)10-29(35)11-16(31)14-6-12-8-19(27(33)40-5)41-28(34)20(12)26(39-4)24(14)42-29/h6-9,16,31,35H,10-11H2,1-5H3. The molecule has 1 aromatic heterocycles. The zero-order valence-electron chi connectivity index (χ0n) is 23.2. The molecule has 2 heterocycles. The van der Waals surface area contributed by atoms with Crippen LogP contribution in [-0.4, -0.2) is 69.1 Å². The van der Waals surface area contributed by atoms with Crippen LogP contribution in [0.3, 0.4) is 0 Å². The number of carbonyl (C=O) groups is 3. The summed E-state index contributed by atoms with van der Waals surface area (Å²) in [5.41, 5.74) is -1.08. The molecule has 13 nitrogen and oxygen atoms in total. The molecule has 0 fully saturated rings. The van der Waals surface area contributed by atoms with Gasteiger partial charge in [0.2, 0.25) is 11.5 Å². The fourth-order valence-electron chi connectivity index (χ4n) is 5.31. The van der Waals surface area contributed by atoms with Crippen LogP contribution in [0.1, 0.15) is 55.8 Å². The Morgan fingerprint density at radius 2 is 1.64 bits per heavy atom. The number of esters is 1. The predicted molar refractivity (Wildman–Crippen MR) is 143 cm³/mol. The highest BCUT2D eigenvalue weighted by molar-refractivity contribution is 6.27. The van der Waals surface area contributed by atoms with E-state index in [1.807, 2.05) is 0 Å². The largest absolute Gasteiger partial charge is 0.496 e. The molecule has 2 atom stereocenters. The minimum atomic E-state index is -2.22. The van der Waals surface area contributed by atoms with E-state index in [0.717, 1.165) is 13.2 Å². The van der Waals surface area contributed by atoms with Gasteiger partial charge in [-0.05, 0) is 23.6 Å². The molecule has 0 spiro atoms. The van der Waals surface area contributed by atoms with Crippen molar-refractivity contribution in [1.29, 1.82) is 0 Å². The van der Waals surface area contributed by atoms with Crippen molar-refractivity contribution in [1.82, 2.24) is 0 Å². The lowest BCUT2D eigenvalue weighted by atomic mass is 9.83. The van der Waals surface area contributed by atoms with Crippen LogP contribution in [0.5, 0.6) is 28.7 Å². The van der Waals surface area contributed by atoms with Gasteiger partial charge in [0.1, 0.15) is 11.1 Å². The van der Waals surface area contributed by atoms with Gasteiger partial charge in [-0.3, -0.25) is 9.59 Å². The second kappa shape index (κ2) is 10.5. The number of hydrogen-bond donors (Lipinski definition) is 2. The van der Waals surface area contributed by atoms with Gasteiger partial charge in [-0.1, -0.05) is 0 Å². The summed E-state index contributed by atoms with van der Waals surface area (Å²) in [6, 6.07) is 4.06. The monoisotopic (exact) mass is 582 g/mol. The van der Waals surface area contributed by atoms with E-state index in [0.29, 0.717) is 0 Å². The average molecular weight is 583 g/mol. The number of carbonyl (C=O) groups excluding carboxylic acids is 3. The number of aliphatic hydroxyl groups is 2. The summed E-state index contributed by atoms with van der Waals surface area (Å²) < 4.78 is 37.0. The second-order valence-corrected chi connectivity index (χ2v) is 9.55. The Bertz CT molecular complexity index is 1750. The van der Waals surface area contributed by atoms with Crippen LogP contribution in [-0.2, 0) is 4.74 Å². The van der Waals surface area contributed by atoms with Crippen LogP contribution in [0.2, 0.25) is 0 Å². The molecule has 2 aliphatic rings. The van der Waals surface area contributed by atoms with Gasteiger partial charge in [-0.25, -0.2) is 9.59 Å². The molecule has 220 valence electrons. The number of benzene rings is 2. The smallest absolute Gasteiger partial charge is 0.374 e. The molecule has 2 N–H and O–H groups in total.